The van der Waals surface area contributed by atoms with Gasteiger partial charge in [0, 0.05) is 71.2 Å². The summed E-state index contributed by atoms with van der Waals surface area (Å²) < 4.78 is 23.8. The first-order valence-electron chi connectivity index (χ1n) is 32.0. The van der Waals surface area contributed by atoms with E-state index in [9.17, 15) is 0 Å². The summed E-state index contributed by atoms with van der Waals surface area (Å²) in [6, 6.07) is 112. The number of benzene rings is 14. The van der Waals surface area contributed by atoms with Crippen LogP contribution < -0.4 is 0 Å². The summed E-state index contributed by atoms with van der Waals surface area (Å²) in [5.74, 6) is 1.91. The second-order valence-electron chi connectivity index (χ2n) is 24.2. The van der Waals surface area contributed by atoms with E-state index in [1.807, 2.05) is 84.9 Å². The van der Waals surface area contributed by atoms with Crippen LogP contribution in [0.1, 0.15) is 0 Å². The Kier molecular flexibility index (Phi) is 12.4. The van der Waals surface area contributed by atoms with Gasteiger partial charge >= 0.3 is 0 Å². The lowest BCUT2D eigenvalue weighted by molar-refractivity contribution is 0.668. The number of nitrogens with zero attached hydrogens (tertiary/aromatic N) is 5. The Morgan fingerprint density at radius 1 is 0.200 bits per heavy atom. The van der Waals surface area contributed by atoms with E-state index in [1.165, 1.54) is 38.8 Å². The molecule has 0 saturated carbocycles. The highest BCUT2D eigenvalue weighted by atomic mass is 16.3. The van der Waals surface area contributed by atoms with Crippen LogP contribution in [0.5, 0.6) is 0 Å². The summed E-state index contributed by atoms with van der Waals surface area (Å²) in [6.07, 6.45) is 0. The maximum atomic E-state index is 7.12. The molecule has 8 heteroatoms. The van der Waals surface area contributed by atoms with Crippen molar-refractivity contribution in [1.29, 1.82) is 0 Å². The Bertz CT molecular complexity index is 6180. The monoisotopic (exact) mass is 1220 g/mol. The van der Waals surface area contributed by atoms with Crippen LogP contribution in [-0.2, 0) is 0 Å². The van der Waals surface area contributed by atoms with E-state index in [-0.39, 0.29) is 0 Å². The average Bonchev–Trinajstić information content (AvgIpc) is 1.55. The molecule has 0 atom stereocenters. The summed E-state index contributed by atoms with van der Waals surface area (Å²) in [5, 5.41) is 11.3. The molecule has 0 spiro atoms. The van der Waals surface area contributed by atoms with Gasteiger partial charge in [-0.2, -0.15) is 0 Å². The number of fused-ring (bicyclic) bond motifs is 17. The van der Waals surface area contributed by atoms with E-state index in [0.717, 1.165) is 132 Å². The van der Waals surface area contributed by atoms with Crippen LogP contribution in [0.15, 0.2) is 335 Å². The molecule has 0 radical (unpaired) electrons. The molecule has 0 aliphatic heterocycles. The van der Waals surface area contributed by atoms with Crippen molar-refractivity contribution >= 4 is 109 Å². The zero-order chi connectivity index (χ0) is 62.5. The number of hydrogen-bond acceptors (Lipinski definition) is 6. The van der Waals surface area contributed by atoms with Gasteiger partial charge in [-0.3, -0.25) is 0 Å². The van der Waals surface area contributed by atoms with Gasteiger partial charge in [-0.15, -0.1) is 0 Å². The van der Waals surface area contributed by atoms with Crippen LogP contribution in [0.4, 0.5) is 0 Å². The van der Waals surface area contributed by atoms with Crippen LogP contribution in [0.3, 0.4) is 0 Å². The van der Waals surface area contributed by atoms with Crippen molar-refractivity contribution in [2.45, 2.75) is 0 Å². The number of rotatable bonds is 8. The van der Waals surface area contributed by atoms with Crippen molar-refractivity contribution in [1.82, 2.24) is 24.1 Å². The molecule has 0 fully saturated rings. The molecular formula is C87H53N5O3. The Labute approximate surface area is 544 Å². The van der Waals surface area contributed by atoms with E-state index < -0.39 is 0 Å². The average molecular weight is 1220 g/mol. The first-order valence-corrected chi connectivity index (χ1v) is 32.0. The molecule has 0 unspecified atom stereocenters. The second kappa shape index (κ2) is 21.9. The molecule has 0 bridgehead atoms. The van der Waals surface area contributed by atoms with Gasteiger partial charge in [0.2, 0.25) is 0 Å². The Hall–Kier alpha value is -12.9. The second-order valence-corrected chi connectivity index (χ2v) is 24.2. The highest BCUT2D eigenvalue weighted by molar-refractivity contribution is 6.29. The topological polar surface area (TPSA) is 88.0 Å². The number of furan rings is 3. The van der Waals surface area contributed by atoms with Crippen LogP contribution in [0.25, 0.3) is 188 Å². The van der Waals surface area contributed by atoms with Crippen molar-refractivity contribution < 1.29 is 13.3 Å². The Morgan fingerprint density at radius 2 is 0.537 bits per heavy atom. The fraction of sp³-hybridized carbons (Fsp3) is 0. The van der Waals surface area contributed by atoms with E-state index >= 15 is 0 Å². The van der Waals surface area contributed by atoms with Crippen LogP contribution in [0.2, 0.25) is 0 Å². The first kappa shape index (κ1) is 53.9. The maximum Gasteiger partial charge on any atom is 0.164 e. The molecule has 8 nitrogen and oxygen atoms in total. The van der Waals surface area contributed by atoms with E-state index in [1.54, 1.807) is 0 Å². The molecule has 14 aromatic carbocycles. The van der Waals surface area contributed by atoms with Crippen molar-refractivity contribution in [3.05, 3.63) is 322 Å². The Morgan fingerprint density at radius 3 is 0.989 bits per heavy atom. The molecule has 20 aromatic rings. The third-order valence-corrected chi connectivity index (χ3v) is 18.7. The summed E-state index contributed by atoms with van der Waals surface area (Å²) in [5.41, 5.74) is 22.0. The van der Waals surface area contributed by atoms with Crippen LogP contribution in [-0.4, -0.2) is 24.1 Å². The van der Waals surface area contributed by atoms with Gasteiger partial charge in [0.1, 0.15) is 33.5 Å². The number of hydrogen-bond donors (Lipinski definition) is 0. The third kappa shape index (κ3) is 9.02. The quantitative estimate of drug-likeness (QED) is 0.151. The minimum atomic E-state index is 0.625. The van der Waals surface area contributed by atoms with Gasteiger partial charge in [-0.25, -0.2) is 15.0 Å². The lowest BCUT2D eigenvalue weighted by Crippen LogP contribution is -2.00. The normalized spacial score (nSPS) is 11.8. The summed E-state index contributed by atoms with van der Waals surface area (Å²) in [7, 11) is 0. The molecule has 0 aliphatic carbocycles. The fourth-order valence-electron chi connectivity index (χ4n) is 14.2. The van der Waals surface area contributed by atoms with E-state index in [2.05, 4.69) is 246 Å². The van der Waals surface area contributed by atoms with Crippen molar-refractivity contribution in [2.24, 2.45) is 0 Å². The highest BCUT2D eigenvalue weighted by Crippen LogP contribution is 2.46. The van der Waals surface area contributed by atoms with Gasteiger partial charge in [-0.05, 0) is 155 Å². The predicted octanol–water partition coefficient (Wildman–Crippen LogP) is 23.5. The minimum Gasteiger partial charge on any atom is -0.456 e. The third-order valence-electron chi connectivity index (χ3n) is 18.7. The fourth-order valence-corrected chi connectivity index (χ4v) is 14.2. The number of para-hydroxylation sites is 5. The highest BCUT2D eigenvalue weighted by Gasteiger charge is 2.23. The maximum absolute atomic E-state index is 7.12. The zero-order valence-electron chi connectivity index (χ0n) is 51.1. The lowest BCUT2D eigenvalue weighted by atomic mass is 9.95. The van der Waals surface area contributed by atoms with E-state index in [0.29, 0.717) is 17.5 Å². The minimum absolute atomic E-state index is 0.625. The van der Waals surface area contributed by atoms with Crippen LogP contribution in [0, 0.1) is 0 Å². The molecule has 6 heterocycles. The largest absolute Gasteiger partial charge is 0.456 e. The zero-order valence-corrected chi connectivity index (χ0v) is 51.1. The van der Waals surface area contributed by atoms with Crippen molar-refractivity contribution in [3.63, 3.8) is 0 Å². The molecule has 20 rings (SSSR count). The molecule has 0 saturated heterocycles. The molecular weight excluding hydrogens is 1160 g/mol. The number of aromatic nitrogens is 5. The Balaban J connectivity index is 0.000000146. The van der Waals surface area contributed by atoms with E-state index in [4.69, 9.17) is 28.2 Å². The van der Waals surface area contributed by atoms with Gasteiger partial charge < -0.3 is 22.4 Å². The van der Waals surface area contributed by atoms with Gasteiger partial charge in [-0.1, -0.05) is 200 Å². The summed E-state index contributed by atoms with van der Waals surface area (Å²) in [4.78, 5) is 14.8. The molecule has 0 aliphatic rings. The molecule has 444 valence electrons. The standard InChI is InChI=1S/C51H31N5O.C36H22O2/c1-4-14-32(15-5-1)49-52-50(33-16-6-2-7-17-33)54-51(53-49)34-24-26-36(27-25-34)56-42-23-13-11-21-40(42)46-44(56)31-29-38-37-28-30-43-45(47(37)57-48(38)46)39-20-10-12-22-41(39)55(43)35-18-8-3-9-19-35;1-3-13-33-29(11-1)31-21-27(15-17-35(31)37-33)25-9-5-7-23(19-25)24-8-6-10-26(20-24)28-16-18-36-32(22-28)30-12-2-4-14-34(30)38-36/h1-31H;1-22H. The van der Waals surface area contributed by atoms with Crippen LogP contribution >= 0.6 is 0 Å². The molecule has 0 N–H and O–H groups in total. The predicted molar refractivity (Wildman–Crippen MR) is 389 cm³/mol. The summed E-state index contributed by atoms with van der Waals surface area (Å²) >= 11 is 0. The van der Waals surface area contributed by atoms with Gasteiger partial charge in [0.15, 0.2) is 17.5 Å². The molecule has 6 aromatic heterocycles. The van der Waals surface area contributed by atoms with Gasteiger partial charge in [0.05, 0.1) is 32.8 Å². The smallest absolute Gasteiger partial charge is 0.164 e. The summed E-state index contributed by atoms with van der Waals surface area (Å²) in [6.45, 7) is 0. The molecule has 95 heavy (non-hydrogen) atoms. The SMILES string of the molecule is c1cc(-c2cccc(-c3ccc4oc5ccccc5c4c3)c2)cc(-c2ccc3oc4ccccc4c3c2)c1.c1ccc(-c2nc(-c3ccccc3)nc(-c3ccc(-n4c5ccccc5c5c6oc7c(ccc8c7c7ccccc7n8-c7ccccc7)c6ccc54)cc3)n2)cc1. The first-order chi connectivity index (χ1) is 47.1. The van der Waals surface area contributed by atoms with Crippen molar-refractivity contribution in [3.8, 4) is 78.9 Å². The lowest BCUT2D eigenvalue weighted by Gasteiger charge is -2.10. The van der Waals surface area contributed by atoms with Gasteiger partial charge in [0.25, 0.3) is 0 Å². The van der Waals surface area contributed by atoms with Crippen molar-refractivity contribution in [2.75, 3.05) is 0 Å². The molecule has 0 amide bonds.